The molecule has 1 heterocycles. The van der Waals surface area contributed by atoms with Crippen LogP contribution in [0.4, 0.5) is 4.79 Å². The van der Waals surface area contributed by atoms with Crippen molar-refractivity contribution in [2.24, 2.45) is 5.92 Å². The average molecular weight is 273 g/mol. The number of carbonyl (C=O) groups excluding carboxylic acids is 1. The van der Waals surface area contributed by atoms with Gasteiger partial charge in [0.25, 0.3) is 0 Å². The molecule has 1 atom stereocenters. The molecule has 1 fully saturated rings. The van der Waals surface area contributed by atoms with Gasteiger partial charge < -0.3 is 20.4 Å². The van der Waals surface area contributed by atoms with Crippen molar-refractivity contribution >= 4 is 12.0 Å². The summed E-state index contributed by atoms with van der Waals surface area (Å²) in [7, 11) is 0. The van der Waals surface area contributed by atoms with Crippen LogP contribution in [0.2, 0.25) is 0 Å². The predicted molar refractivity (Wildman–Crippen MR) is 69.9 cm³/mol. The number of aliphatic carboxylic acids is 1. The number of carboxylic acid groups (broad SMARTS) is 1. The van der Waals surface area contributed by atoms with Gasteiger partial charge in [0, 0.05) is 39.3 Å². The van der Waals surface area contributed by atoms with Gasteiger partial charge in [-0.3, -0.25) is 9.69 Å². The number of rotatable bonds is 6. The van der Waals surface area contributed by atoms with Crippen molar-refractivity contribution in [3.8, 4) is 0 Å². The summed E-state index contributed by atoms with van der Waals surface area (Å²) in [6.45, 7) is 5.59. The molecule has 0 bridgehead atoms. The third-order valence-corrected chi connectivity index (χ3v) is 3.35. The minimum Gasteiger partial charge on any atom is -0.481 e. The summed E-state index contributed by atoms with van der Waals surface area (Å²) in [6.07, 6.45) is 0.436. The minimum absolute atomic E-state index is 0.138. The van der Waals surface area contributed by atoms with Crippen LogP contribution in [0.5, 0.6) is 0 Å². The smallest absolute Gasteiger partial charge is 0.317 e. The van der Waals surface area contributed by atoms with Gasteiger partial charge in [-0.1, -0.05) is 6.92 Å². The number of aliphatic hydroxyl groups is 1. The van der Waals surface area contributed by atoms with E-state index in [9.17, 15) is 9.59 Å². The Labute approximate surface area is 113 Å². The molecule has 1 rings (SSSR count). The van der Waals surface area contributed by atoms with Crippen LogP contribution < -0.4 is 5.32 Å². The number of piperazine rings is 1. The molecule has 7 nitrogen and oxygen atoms in total. The topological polar surface area (TPSA) is 93.1 Å². The number of nitrogens with one attached hydrogen (secondary N) is 1. The maximum absolute atomic E-state index is 11.8. The molecule has 1 unspecified atom stereocenters. The standard InChI is InChI=1S/C12H23N3O4/c1-10(11(17)18)2-3-13-12(19)15-6-4-14(5-7-15)8-9-16/h10,16H,2-9H2,1H3,(H,13,19)(H,17,18). The molecule has 0 aromatic rings. The summed E-state index contributed by atoms with van der Waals surface area (Å²) in [5.74, 6) is -1.28. The first-order valence-corrected chi connectivity index (χ1v) is 6.63. The van der Waals surface area contributed by atoms with Gasteiger partial charge in [0.15, 0.2) is 0 Å². The van der Waals surface area contributed by atoms with Crippen LogP contribution in [0.15, 0.2) is 0 Å². The van der Waals surface area contributed by atoms with E-state index in [4.69, 9.17) is 10.2 Å². The molecule has 110 valence electrons. The Kier molecular flexibility index (Phi) is 6.58. The normalized spacial score (nSPS) is 18.1. The first-order chi connectivity index (χ1) is 9.04. The second-order valence-corrected chi connectivity index (χ2v) is 4.81. The second-order valence-electron chi connectivity index (χ2n) is 4.81. The van der Waals surface area contributed by atoms with Crippen molar-refractivity contribution in [3.63, 3.8) is 0 Å². The quantitative estimate of drug-likeness (QED) is 0.602. The van der Waals surface area contributed by atoms with Crippen LogP contribution in [-0.4, -0.2) is 77.9 Å². The second kappa shape index (κ2) is 7.96. The highest BCUT2D eigenvalue weighted by Gasteiger charge is 2.20. The van der Waals surface area contributed by atoms with E-state index < -0.39 is 11.9 Å². The van der Waals surface area contributed by atoms with Crippen molar-refractivity contribution in [2.75, 3.05) is 45.9 Å². The molecule has 0 aromatic heterocycles. The van der Waals surface area contributed by atoms with Crippen molar-refractivity contribution in [2.45, 2.75) is 13.3 Å². The molecular formula is C12H23N3O4. The molecule has 0 spiro atoms. The number of nitrogens with zero attached hydrogens (tertiary/aromatic N) is 2. The molecule has 2 amide bonds. The monoisotopic (exact) mass is 273 g/mol. The molecule has 3 N–H and O–H groups in total. The first-order valence-electron chi connectivity index (χ1n) is 6.63. The van der Waals surface area contributed by atoms with E-state index in [1.165, 1.54) is 0 Å². The highest BCUT2D eigenvalue weighted by molar-refractivity contribution is 5.74. The summed E-state index contributed by atoms with van der Waals surface area (Å²) in [5, 5.41) is 20.3. The van der Waals surface area contributed by atoms with Crippen LogP contribution in [0.1, 0.15) is 13.3 Å². The lowest BCUT2D eigenvalue weighted by Gasteiger charge is -2.34. The van der Waals surface area contributed by atoms with Crippen molar-refractivity contribution in [3.05, 3.63) is 0 Å². The maximum atomic E-state index is 11.8. The molecule has 0 saturated carbocycles. The highest BCUT2D eigenvalue weighted by Crippen LogP contribution is 2.03. The average Bonchev–Trinajstić information content (AvgIpc) is 2.39. The van der Waals surface area contributed by atoms with E-state index in [1.807, 2.05) is 0 Å². The van der Waals surface area contributed by atoms with Gasteiger partial charge in [0.05, 0.1) is 12.5 Å². The fourth-order valence-electron chi connectivity index (χ4n) is 1.95. The number of hydrogen-bond donors (Lipinski definition) is 3. The molecule has 1 saturated heterocycles. The van der Waals surface area contributed by atoms with Gasteiger partial charge in [-0.25, -0.2) is 4.79 Å². The van der Waals surface area contributed by atoms with Gasteiger partial charge in [-0.15, -0.1) is 0 Å². The summed E-state index contributed by atoms with van der Waals surface area (Å²) in [6, 6.07) is -0.138. The molecule has 0 aliphatic carbocycles. The van der Waals surface area contributed by atoms with E-state index >= 15 is 0 Å². The Morgan fingerprint density at radius 1 is 1.26 bits per heavy atom. The SMILES string of the molecule is CC(CCNC(=O)N1CCN(CCO)CC1)C(=O)O. The number of β-amino-alcohol motifs (C(OH)–C–C–N with tert-alkyl or cyclic N) is 1. The summed E-state index contributed by atoms with van der Waals surface area (Å²) >= 11 is 0. The third kappa shape index (κ3) is 5.44. The van der Waals surface area contributed by atoms with E-state index in [2.05, 4.69) is 10.2 Å². The Morgan fingerprint density at radius 3 is 2.42 bits per heavy atom. The summed E-state index contributed by atoms with van der Waals surface area (Å²) in [4.78, 5) is 26.3. The number of carboxylic acids is 1. The van der Waals surface area contributed by atoms with Gasteiger partial charge in [-0.05, 0) is 6.42 Å². The fourth-order valence-corrected chi connectivity index (χ4v) is 1.95. The van der Waals surface area contributed by atoms with Gasteiger partial charge in [0.2, 0.25) is 0 Å². The highest BCUT2D eigenvalue weighted by atomic mass is 16.4. The first kappa shape index (κ1) is 15.7. The van der Waals surface area contributed by atoms with Crippen molar-refractivity contribution < 1.29 is 19.8 Å². The zero-order valence-electron chi connectivity index (χ0n) is 11.3. The lowest BCUT2D eigenvalue weighted by Crippen LogP contribution is -2.52. The Morgan fingerprint density at radius 2 is 1.89 bits per heavy atom. The Hall–Kier alpha value is -1.34. The molecule has 0 aromatic carbocycles. The number of amides is 2. The van der Waals surface area contributed by atoms with Gasteiger partial charge in [-0.2, -0.15) is 0 Å². The molecule has 1 aliphatic rings. The van der Waals surface area contributed by atoms with Crippen molar-refractivity contribution in [1.29, 1.82) is 0 Å². The molecule has 7 heteroatoms. The summed E-state index contributed by atoms with van der Waals surface area (Å²) < 4.78 is 0. The molecular weight excluding hydrogens is 250 g/mol. The Balaban J connectivity index is 2.19. The fraction of sp³-hybridized carbons (Fsp3) is 0.833. The number of hydrogen-bond acceptors (Lipinski definition) is 4. The zero-order valence-corrected chi connectivity index (χ0v) is 11.3. The van der Waals surface area contributed by atoms with Crippen LogP contribution in [0, 0.1) is 5.92 Å². The van der Waals surface area contributed by atoms with Gasteiger partial charge >= 0.3 is 12.0 Å². The van der Waals surface area contributed by atoms with Crippen molar-refractivity contribution in [1.82, 2.24) is 15.1 Å². The van der Waals surface area contributed by atoms with E-state index in [0.717, 1.165) is 13.1 Å². The van der Waals surface area contributed by atoms with Crippen LogP contribution in [-0.2, 0) is 4.79 Å². The zero-order chi connectivity index (χ0) is 14.3. The lowest BCUT2D eigenvalue weighted by molar-refractivity contribution is -0.141. The van der Waals surface area contributed by atoms with Gasteiger partial charge in [0.1, 0.15) is 0 Å². The molecule has 0 radical (unpaired) electrons. The maximum Gasteiger partial charge on any atom is 0.317 e. The number of carbonyl (C=O) groups is 2. The van der Waals surface area contributed by atoms with Crippen LogP contribution in [0.3, 0.4) is 0 Å². The largest absolute Gasteiger partial charge is 0.481 e. The predicted octanol–water partition coefficient (Wildman–Crippen LogP) is -0.583. The summed E-state index contributed by atoms with van der Waals surface area (Å²) in [5.41, 5.74) is 0. The van der Waals surface area contributed by atoms with E-state index in [1.54, 1.807) is 11.8 Å². The number of aliphatic hydroxyl groups excluding tert-OH is 1. The molecule has 1 aliphatic heterocycles. The van der Waals surface area contributed by atoms with E-state index in [0.29, 0.717) is 32.6 Å². The molecule has 19 heavy (non-hydrogen) atoms. The lowest BCUT2D eigenvalue weighted by atomic mass is 10.1. The number of urea groups is 1. The van der Waals surface area contributed by atoms with Crippen LogP contribution in [0.25, 0.3) is 0 Å². The Bertz CT molecular complexity index is 303. The van der Waals surface area contributed by atoms with E-state index in [-0.39, 0.29) is 12.6 Å². The third-order valence-electron chi connectivity index (χ3n) is 3.35. The minimum atomic E-state index is -0.841. The van der Waals surface area contributed by atoms with Crippen LogP contribution >= 0.6 is 0 Å².